The molecule has 0 spiro atoms. The largest absolute Gasteiger partial charge is 0.229 e. The first-order valence-corrected chi connectivity index (χ1v) is 6.75. The van der Waals surface area contributed by atoms with Crippen molar-refractivity contribution in [2.45, 2.75) is 20.3 Å². The fourth-order valence-corrected chi connectivity index (χ4v) is 2.04. The zero-order valence-electron chi connectivity index (χ0n) is 11.0. The summed E-state index contributed by atoms with van der Waals surface area (Å²) >= 11 is 6.16. The minimum absolute atomic E-state index is 0.577. The summed E-state index contributed by atoms with van der Waals surface area (Å²) in [6.07, 6.45) is 12.8. The molecule has 0 atom stereocenters. The lowest BCUT2D eigenvalue weighted by Crippen LogP contribution is -1.96. The van der Waals surface area contributed by atoms with Crippen molar-refractivity contribution in [3.63, 3.8) is 0 Å². The molecule has 2 aromatic rings. The Kier molecular flexibility index (Phi) is 4.53. The first-order chi connectivity index (χ1) is 9.34. The van der Waals surface area contributed by atoms with Gasteiger partial charge in [-0.2, -0.15) is 5.10 Å². The van der Waals surface area contributed by atoms with Crippen LogP contribution in [0.1, 0.15) is 26.0 Å². The van der Waals surface area contributed by atoms with Crippen LogP contribution >= 0.6 is 11.6 Å². The van der Waals surface area contributed by atoms with Gasteiger partial charge in [0, 0.05) is 12.1 Å². The number of aromatic nitrogens is 3. The number of halogens is 1. The van der Waals surface area contributed by atoms with Crippen molar-refractivity contribution >= 4 is 22.8 Å². The smallest absolute Gasteiger partial charge is 0.157 e. The molecule has 1 aliphatic rings. The van der Waals surface area contributed by atoms with Gasteiger partial charge < -0.3 is 0 Å². The Balaban J connectivity index is 0.000000637. The van der Waals surface area contributed by atoms with E-state index in [1.807, 2.05) is 44.2 Å². The van der Waals surface area contributed by atoms with Crippen molar-refractivity contribution in [1.82, 2.24) is 14.6 Å². The van der Waals surface area contributed by atoms with E-state index in [0.29, 0.717) is 5.15 Å². The molecule has 0 bridgehead atoms. The second kappa shape index (κ2) is 6.34. The summed E-state index contributed by atoms with van der Waals surface area (Å²) in [6.45, 7) is 4.00. The molecule has 0 amide bonds. The summed E-state index contributed by atoms with van der Waals surface area (Å²) in [7, 11) is 0. The first kappa shape index (κ1) is 13.6. The predicted molar refractivity (Wildman–Crippen MR) is 80.2 cm³/mol. The van der Waals surface area contributed by atoms with E-state index in [2.05, 4.69) is 22.2 Å². The molecule has 98 valence electrons. The van der Waals surface area contributed by atoms with Crippen molar-refractivity contribution in [1.29, 1.82) is 0 Å². The summed E-state index contributed by atoms with van der Waals surface area (Å²) < 4.78 is 1.62. The van der Waals surface area contributed by atoms with Gasteiger partial charge in [0.25, 0.3) is 0 Å². The van der Waals surface area contributed by atoms with Crippen LogP contribution in [0.2, 0.25) is 5.15 Å². The Morgan fingerprint density at radius 1 is 1.21 bits per heavy atom. The van der Waals surface area contributed by atoms with Crippen LogP contribution in [0, 0.1) is 0 Å². The molecule has 2 heterocycles. The maximum Gasteiger partial charge on any atom is 0.157 e. The molecule has 19 heavy (non-hydrogen) atoms. The van der Waals surface area contributed by atoms with Crippen LogP contribution in [-0.2, 0) is 0 Å². The van der Waals surface area contributed by atoms with Gasteiger partial charge in [0.05, 0.1) is 11.9 Å². The highest BCUT2D eigenvalue weighted by atomic mass is 35.5. The van der Waals surface area contributed by atoms with Gasteiger partial charge in [-0.15, -0.1) is 0 Å². The Morgan fingerprint density at radius 3 is 2.89 bits per heavy atom. The molecule has 1 aliphatic carbocycles. The maximum absolute atomic E-state index is 6.16. The molecule has 0 fully saturated rings. The molecule has 3 rings (SSSR count). The highest BCUT2D eigenvalue weighted by Gasteiger charge is 2.07. The molecule has 0 aromatic carbocycles. The fourth-order valence-electron chi connectivity index (χ4n) is 1.81. The average Bonchev–Trinajstić information content (AvgIpc) is 2.75. The van der Waals surface area contributed by atoms with Crippen LogP contribution in [0.25, 0.3) is 11.2 Å². The lowest BCUT2D eigenvalue weighted by atomic mass is 10.1. The zero-order chi connectivity index (χ0) is 13.7. The maximum atomic E-state index is 6.16. The molecule has 3 nitrogen and oxygen atoms in total. The number of nitrogens with zero attached hydrogens (tertiary/aromatic N) is 3. The van der Waals surface area contributed by atoms with Crippen molar-refractivity contribution in [2.75, 3.05) is 0 Å². The van der Waals surface area contributed by atoms with Crippen molar-refractivity contribution in [3.05, 3.63) is 59.6 Å². The standard InChI is InChI=1S/C13H10ClN3.C2H6/c14-12-9-11(10-5-3-1-2-4-6-10)16-13-7-8-15-17(12)13;1-2/h1-5,7-9H,6H2;1-2H3. The number of hydrogen-bond donors (Lipinski definition) is 0. The lowest BCUT2D eigenvalue weighted by Gasteiger charge is -2.05. The van der Waals surface area contributed by atoms with Crippen LogP contribution in [0.3, 0.4) is 0 Å². The summed E-state index contributed by atoms with van der Waals surface area (Å²) in [4.78, 5) is 4.54. The molecule has 0 saturated heterocycles. The second-order valence-electron chi connectivity index (χ2n) is 3.77. The van der Waals surface area contributed by atoms with E-state index in [0.717, 1.165) is 23.3 Å². The van der Waals surface area contributed by atoms with Gasteiger partial charge >= 0.3 is 0 Å². The zero-order valence-corrected chi connectivity index (χ0v) is 11.8. The number of fused-ring (bicyclic) bond motifs is 1. The Bertz CT molecular complexity index is 650. The van der Waals surface area contributed by atoms with E-state index >= 15 is 0 Å². The van der Waals surface area contributed by atoms with Gasteiger partial charge in [-0.05, 0) is 12.0 Å². The normalized spacial score (nSPS) is 13.7. The average molecular weight is 274 g/mol. The highest BCUT2D eigenvalue weighted by molar-refractivity contribution is 6.29. The van der Waals surface area contributed by atoms with Crippen LogP contribution in [0.5, 0.6) is 0 Å². The number of allylic oxidation sites excluding steroid dienone is 6. The predicted octanol–water partition coefficient (Wildman–Crippen LogP) is 4.31. The van der Waals surface area contributed by atoms with Crippen LogP contribution in [-0.4, -0.2) is 14.6 Å². The molecule has 0 unspecified atom stereocenters. The van der Waals surface area contributed by atoms with Crippen molar-refractivity contribution in [3.8, 4) is 0 Å². The fraction of sp³-hybridized carbons (Fsp3) is 0.200. The second-order valence-corrected chi connectivity index (χ2v) is 4.16. The number of hydrogen-bond acceptors (Lipinski definition) is 2. The summed E-state index contributed by atoms with van der Waals surface area (Å²) in [5.74, 6) is 0. The third kappa shape index (κ3) is 2.93. The monoisotopic (exact) mass is 273 g/mol. The van der Waals surface area contributed by atoms with Crippen molar-refractivity contribution < 1.29 is 0 Å². The first-order valence-electron chi connectivity index (χ1n) is 6.37. The summed E-state index contributed by atoms with van der Waals surface area (Å²) in [6, 6.07) is 3.69. The van der Waals surface area contributed by atoms with Gasteiger partial charge in [0.15, 0.2) is 5.65 Å². The van der Waals surface area contributed by atoms with E-state index in [1.54, 1.807) is 10.7 Å². The molecular weight excluding hydrogens is 258 g/mol. The number of rotatable bonds is 1. The highest BCUT2D eigenvalue weighted by Crippen LogP contribution is 2.22. The van der Waals surface area contributed by atoms with Gasteiger partial charge in [-0.3, -0.25) is 0 Å². The van der Waals surface area contributed by atoms with E-state index in [4.69, 9.17) is 11.6 Å². The van der Waals surface area contributed by atoms with Gasteiger partial charge in [-0.25, -0.2) is 9.50 Å². The summed E-state index contributed by atoms with van der Waals surface area (Å²) in [5, 5.41) is 4.67. The molecule has 0 aliphatic heterocycles. The molecule has 2 aromatic heterocycles. The van der Waals surface area contributed by atoms with E-state index in [9.17, 15) is 0 Å². The molecule has 4 heteroatoms. The molecule has 0 saturated carbocycles. The van der Waals surface area contributed by atoms with Crippen molar-refractivity contribution in [2.24, 2.45) is 0 Å². The third-order valence-corrected chi connectivity index (χ3v) is 2.91. The third-order valence-electron chi connectivity index (χ3n) is 2.64. The Morgan fingerprint density at radius 2 is 2.05 bits per heavy atom. The Hall–Kier alpha value is -1.87. The van der Waals surface area contributed by atoms with E-state index in [1.165, 1.54) is 0 Å². The van der Waals surface area contributed by atoms with E-state index in [-0.39, 0.29) is 0 Å². The minimum atomic E-state index is 0.577. The van der Waals surface area contributed by atoms with Crippen LogP contribution < -0.4 is 0 Å². The van der Waals surface area contributed by atoms with Gasteiger partial charge in [-0.1, -0.05) is 55.8 Å². The van der Waals surface area contributed by atoms with E-state index < -0.39 is 0 Å². The van der Waals surface area contributed by atoms with Crippen LogP contribution in [0.4, 0.5) is 0 Å². The van der Waals surface area contributed by atoms with Gasteiger partial charge in [0.1, 0.15) is 5.15 Å². The molecular formula is C15H16ClN3. The lowest BCUT2D eigenvalue weighted by molar-refractivity contribution is 0.935. The minimum Gasteiger partial charge on any atom is -0.229 e. The van der Waals surface area contributed by atoms with Crippen LogP contribution in [0.15, 0.2) is 48.7 Å². The molecule has 0 radical (unpaired) electrons. The topological polar surface area (TPSA) is 30.2 Å². The summed E-state index contributed by atoms with van der Waals surface area (Å²) in [5.41, 5.74) is 2.82. The quantitative estimate of drug-likeness (QED) is 0.725. The molecule has 0 N–H and O–H groups in total. The SMILES string of the molecule is CC.Clc1cc(C2=CC=CC=CC2)nc2ccnn12. The van der Waals surface area contributed by atoms with Gasteiger partial charge in [0.2, 0.25) is 0 Å². The Labute approximate surface area is 117 Å².